The van der Waals surface area contributed by atoms with Gasteiger partial charge in [0, 0.05) is 18.2 Å². The summed E-state index contributed by atoms with van der Waals surface area (Å²) < 4.78 is 19.5. The molecule has 2 amide bonds. The number of nitrogens with one attached hydrogen (secondary N) is 1. The van der Waals surface area contributed by atoms with E-state index in [0.717, 1.165) is 90.0 Å². The first-order chi connectivity index (χ1) is 21.2. The lowest BCUT2D eigenvalue weighted by Crippen LogP contribution is -2.50. The third-order valence-electron chi connectivity index (χ3n) is 9.07. The quantitative estimate of drug-likeness (QED) is 0.257. The number of fused-ring (bicyclic) bond motifs is 1. The van der Waals surface area contributed by atoms with E-state index in [1.807, 2.05) is 42.5 Å². The number of carbonyl (C=O) groups excluding carboxylic acids is 2. The van der Waals surface area contributed by atoms with Crippen LogP contribution in [0.4, 0.5) is 4.79 Å². The normalized spacial score (nSPS) is 22.5. The number of likely N-dealkylation sites (tertiary alicyclic amines) is 1. The number of carbonyl (C=O) groups is 2. The molecule has 0 unspecified atom stereocenters. The third kappa shape index (κ3) is 6.52. The number of rotatable bonds is 9. The number of thioether (sulfide) groups is 1. The van der Waals surface area contributed by atoms with Crippen LogP contribution in [0.25, 0.3) is 6.08 Å². The van der Waals surface area contributed by atoms with Gasteiger partial charge in [-0.2, -0.15) is 0 Å². The highest BCUT2D eigenvalue weighted by atomic mass is 32.2. The highest BCUT2D eigenvalue weighted by Crippen LogP contribution is 2.44. The third-order valence-corrected chi connectivity index (χ3v) is 9.88. The first-order valence-corrected chi connectivity index (χ1v) is 16.2. The Bertz CT molecular complexity index is 1600. The predicted octanol–water partition coefficient (Wildman–Crippen LogP) is 7.14. The fourth-order valence-electron chi connectivity index (χ4n) is 6.52. The maximum absolute atomic E-state index is 11.9. The summed E-state index contributed by atoms with van der Waals surface area (Å²) in [5, 5.41) is 1.96. The molecule has 0 bridgehead atoms. The van der Waals surface area contributed by atoms with Crippen molar-refractivity contribution >= 4 is 29.0 Å². The highest BCUT2D eigenvalue weighted by Gasteiger charge is 2.39. The molecule has 0 aliphatic carbocycles. The SMILES string of the molecule is Cc1c(C)c2c(c(C)c1OCc1ccccc1)CC[C@@](C)(CN1CCC[C@H]1COc1cccc(C=C3SC(=O)NC3=O)c1)O2. The Morgan fingerprint density at radius 3 is 2.64 bits per heavy atom. The molecule has 44 heavy (non-hydrogen) atoms. The molecular weight excluding hydrogens is 572 g/mol. The zero-order valence-corrected chi connectivity index (χ0v) is 26.7. The predicted molar refractivity (Wildman–Crippen MR) is 174 cm³/mol. The average molecular weight is 613 g/mol. The molecule has 0 aromatic heterocycles. The summed E-state index contributed by atoms with van der Waals surface area (Å²) in [6, 6.07) is 18.3. The molecule has 1 N–H and O–H groups in total. The molecule has 2 atom stereocenters. The molecular formula is C36H40N2O5S. The standard InChI is InChI=1S/C36H40N2O5S/c1-23-24(2)33-30(25(3)32(23)42-20-26-10-6-5-7-11-26)15-16-36(4,43-33)22-38-17-9-13-28(38)21-41-29-14-8-12-27(18-29)19-31-34(39)37-35(40)44-31/h5-8,10-12,14,18-19,28H,9,13,15-17,20-22H2,1-4H3,(H,37,39,40)/t28-,36-/m0/s1. The van der Waals surface area contributed by atoms with E-state index < -0.39 is 0 Å². The molecule has 2 saturated heterocycles. The van der Waals surface area contributed by atoms with Crippen LogP contribution in [-0.4, -0.2) is 47.4 Å². The second-order valence-electron chi connectivity index (χ2n) is 12.3. The minimum atomic E-state index is -0.355. The lowest BCUT2D eigenvalue weighted by Gasteiger charge is -2.41. The van der Waals surface area contributed by atoms with Crippen LogP contribution in [0, 0.1) is 20.8 Å². The van der Waals surface area contributed by atoms with Crippen molar-refractivity contribution in [2.24, 2.45) is 0 Å². The van der Waals surface area contributed by atoms with Gasteiger partial charge in [0.2, 0.25) is 0 Å². The van der Waals surface area contributed by atoms with Crippen LogP contribution in [0.5, 0.6) is 17.2 Å². The second-order valence-corrected chi connectivity index (χ2v) is 13.4. The maximum atomic E-state index is 11.9. The fraction of sp³-hybridized carbons (Fsp3) is 0.389. The van der Waals surface area contributed by atoms with Gasteiger partial charge in [-0.15, -0.1) is 0 Å². The maximum Gasteiger partial charge on any atom is 0.290 e. The number of ether oxygens (including phenoxy) is 3. The van der Waals surface area contributed by atoms with Gasteiger partial charge in [-0.3, -0.25) is 19.8 Å². The summed E-state index contributed by atoms with van der Waals surface area (Å²) in [5.41, 5.74) is 6.45. The number of amides is 2. The van der Waals surface area contributed by atoms with Gasteiger partial charge < -0.3 is 14.2 Å². The molecule has 3 aromatic rings. The molecule has 6 rings (SSSR count). The van der Waals surface area contributed by atoms with Crippen molar-refractivity contribution in [2.75, 3.05) is 19.7 Å². The first kappa shape index (κ1) is 30.3. The highest BCUT2D eigenvalue weighted by molar-refractivity contribution is 8.18. The van der Waals surface area contributed by atoms with Gasteiger partial charge in [0.25, 0.3) is 11.1 Å². The van der Waals surface area contributed by atoms with Crippen molar-refractivity contribution in [3.8, 4) is 17.2 Å². The molecule has 3 aromatic carbocycles. The van der Waals surface area contributed by atoms with E-state index in [9.17, 15) is 9.59 Å². The zero-order valence-electron chi connectivity index (χ0n) is 25.9. The van der Waals surface area contributed by atoms with Gasteiger partial charge >= 0.3 is 0 Å². The van der Waals surface area contributed by atoms with Crippen LogP contribution in [0.3, 0.4) is 0 Å². The van der Waals surface area contributed by atoms with E-state index in [0.29, 0.717) is 24.2 Å². The van der Waals surface area contributed by atoms with Crippen LogP contribution in [0.1, 0.15) is 59.6 Å². The van der Waals surface area contributed by atoms with E-state index in [-0.39, 0.29) is 16.7 Å². The summed E-state index contributed by atoms with van der Waals surface area (Å²) in [5.74, 6) is 2.40. The molecule has 2 fully saturated rings. The molecule has 230 valence electrons. The van der Waals surface area contributed by atoms with Crippen molar-refractivity contribution in [1.82, 2.24) is 10.2 Å². The topological polar surface area (TPSA) is 77.1 Å². The summed E-state index contributed by atoms with van der Waals surface area (Å²) in [6.45, 7) is 11.7. The minimum absolute atomic E-state index is 0.297. The molecule has 3 heterocycles. The zero-order chi connectivity index (χ0) is 30.8. The molecule has 3 aliphatic heterocycles. The van der Waals surface area contributed by atoms with Gasteiger partial charge in [-0.1, -0.05) is 42.5 Å². The summed E-state index contributed by atoms with van der Waals surface area (Å²) >= 11 is 0.920. The average Bonchev–Trinajstić information content (AvgIpc) is 3.58. The molecule has 3 aliphatic rings. The summed E-state index contributed by atoms with van der Waals surface area (Å²) in [4.78, 5) is 26.4. The lowest BCUT2D eigenvalue weighted by atomic mass is 9.86. The smallest absolute Gasteiger partial charge is 0.290 e. The van der Waals surface area contributed by atoms with Crippen LogP contribution in [0.2, 0.25) is 0 Å². The summed E-state index contributed by atoms with van der Waals surface area (Å²) in [7, 11) is 0. The van der Waals surface area contributed by atoms with Crippen LogP contribution < -0.4 is 19.5 Å². The van der Waals surface area contributed by atoms with Gasteiger partial charge in [-0.05, 0) is 118 Å². The Labute approximate surface area is 264 Å². The van der Waals surface area contributed by atoms with E-state index in [2.05, 4.69) is 50.0 Å². The summed E-state index contributed by atoms with van der Waals surface area (Å²) in [6.07, 6.45) is 5.83. The van der Waals surface area contributed by atoms with Crippen LogP contribution in [0.15, 0.2) is 59.5 Å². The van der Waals surface area contributed by atoms with Crippen molar-refractivity contribution in [1.29, 1.82) is 0 Å². The molecule has 0 saturated carbocycles. The van der Waals surface area contributed by atoms with E-state index in [4.69, 9.17) is 14.2 Å². The first-order valence-electron chi connectivity index (χ1n) is 15.4. The molecule has 8 heteroatoms. The largest absolute Gasteiger partial charge is 0.492 e. The second kappa shape index (κ2) is 12.7. The monoisotopic (exact) mass is 612 g/mol. The number of hydrogen-bond acceptors (Lipinski definition) is 7. The van der Waals surface area contributed by atoms with Crippen LogP contribution in [-0.2, 0) is 17.8 Å². The Morgan fingerprint density at radius 1 is 1.05 bits per heavy atom. The van der Waals surface area contributed by atoms with Crippen molar-refractivity contribution in [3.63, 3.8) is 0 Å². The molecule has 0 radical (unpaired) electrons. The Kier molecular flexibility index (Phi) is 8.74. The number of imide groups is 1. The molecule has 0 spiro atoms. The van der Waals surface area contributed by atoms with Crippen molar-refractivity contribution in [2.45, 2.75) is 71.6 Å². The Morgan fingerprint density at radius 2 is 1.86 bits per heavy atom. The fourth-order valence-corrected chi connectivity index (χ4v) is 7.20. The lowest BCUT2D eigenvalue weighted by molar-refractivity contribution is -0.115. The van der Waals surface area contributed by atoms with E-state index >= 15 is 0 Å². The van der Waals surface area contributed by atoms with Crippen molar-refractivity contribution in [3.05, 3.63) is 92.9 Å². The van der Waals surface area contributed by atoms with E-state index in [1.165, 1.54) is 11.1 Å². The van der Waals surface area contributed by atoms with Gasteiger partial charge in [0.1, 0.15) is 36.1 Å². The van der Waals surface area contributed by atoms with Crippen LogP contribution >= 0.6 is 11.8 Å². The molecule has 7 nitrogen and oxygen atoms in total. The van der Waals surface area contributed by atoms with E-state index in [1.54, 1.807) is 6.08 Å². The number of hydrogen-bond donors (Lipinski definition) is 1. The van der Waals surface area contributed by atoms with Gasteiger partial charge in [-0.25, -0.2) is 0 Å². The van der Waals surface area contributed by atoms with Gasteiger partial charge in [0.15, 0.2) is 0 Å². The van der Waals surface area contributed by atoms with Crippen molar-refractivity contribution < 1.29 is 23.8 Å². The minimum Gasteiger partial charge on any atom is -0.492 e. The Balaban J connectivity index is 1.10. The number of benzene rings is 3. The Hall–Kier alpha value is -3.75. The number of nitrogens with zero attached hydrogens (tertiary/aromatic N) is 1. The van der Waals surface area contributed by atoms with Gasteiger partial charge in [0.05, 0.1) is 4.91 Å².